The standard InChI is InChI=1S/C11H23N3O/c1-8(9-4-5-9)14(3)7-6-11(2,13)10(12)15/h8-9H,4-7,13H2,1-3H3,(H2,12,15). The highest BCUT2D eigenvalue weighted by Gasteiger charge is 2.32. The fraction of sp³-hybridized carbons (Fsp3) is 0.909. The van der Waals surface area contributed by atoms with Crippen molar-refractivity contribution in [3.63, 3.8) is 0 Å². The molecule has 2 atom stereocenters. The molecule has 0 spiro atoms. The van der Waals surface area contributed by atoms with Crippen molar-refractivity contribution in [1.82, 2.24) is 4.90 Å². The van der Waals surface area contributed by atoms with Crippen LogP contribution in [0.5, 0.6) is 0 Å². The second-order valence-electron chi connectivity index (χ2n) is 5.09. The zero-order chi connectivity index (χ0) is 11.6. The molecule has 1 aliphatic carbocycles. The summed E-state index contributed by atoms with van der Waals surface area (Å²) in [6.45, 7) is 4.76. The fourth-order valence-corrected chi connectivity index (χ4v) is 1.67. The molecule has 0 saturated heterocycles. The van der Waals surface area contributed by atoms with Crippen molar-refractivity contribution in [2.24, 2.45) is 17.4 Å². The molecular formula is C11H23N3O. The SMILES string of the molecule is CC(C1CC1)N(C)CCC(C)(N)C(N)=O. The van der Waals surface area contributed by atoms with E-state index in [9.17, 15) is 4.79 Å². The van der Waals surface area contributed by atoms with Crippen LogP contribution in [0.25, 0.3) is 0 Å². The van der Waals surface area contributed by atoms with Gasteiger partial charge in [-0.15, -0.1) is 0 Å². The van der Waals surface area contributed by atoms with Gasteiger partial charge < -0.3 is 16.4 Å². The number of primary amides is 1. The van der Waals surface area contributed by atoms with E-state index in [2.05, 4.69) is 18.9 Å². The van der Waals surface area contributed by atoms with Crippen LogP contribution in [0.1, 0.15) is 33.1 Å². The molecule has 1 saturated carbocycles. The van der Waals surface area contributed by atoms with Gasteiger partial charge in [0.2, 0.25) is 5.91 Å². The van der Waals surface area contributed by atoms with Crippen LogP contribution in [0.15, 0.2) is 0 Å². The topological polar surface area (TPSA) is 72.3 Å². The Morgan fingerprint density at radius 2 is 2.13 bits per heavy atom. The molecule has 2 unspecified atom stereocenters. The van der Waals surface area contributed by atoms with Gasteiger partial charge in [0.05, 0.1) is 5.54 Å². The smallest absolute Gasteiger partial charge is 0.237 e. The summed E-state index contributed by atoms with van der Waals surface area (Å²) in [5, 5.41) is 0. The Labute approximate surface area is 92.0 Å². The summed E-state index contributed by atoms with van der Waals surface area (Å²) in [6.07, 6.45) is 3.29. The van der Waals surface area contributed by atoms with Crippen LogP contribution < -0.4 is 11.5 Å². The monoisotopic (exact) mass is 213 g/mol. The maximum Gasteiger partial charge on any atom is 0.237 e. The molecule has 0 bridgehead atoms. The molecule has 0 aliphatic heterocycles. The average molecular weight is 213 g/mol. The molecule has 4 heteroatoms. The molecule has 1 aliphatic rings. The number of nitrogens with zero attached hydrogens (tertiary/aromatic N) is 1. The van der Waals surface area contributed by atoms with Crippen molar-refractivity contribution >= 4 is 5.91 Å². The minimum Gasteiger partial charge on any atom is -0.368 e. The molecule has 88 valence electrons. The number of carbonyl (C=O) groups excluding carboxylic acids is 1. The van der Waals surface area contributed by atoms with Gasteiger partial charge in [0.25, 0.3) is 0 Å². The Bertz CT molecular complexity index is 236. The van der Waals surface area contributed by atoms with Crippen LogP contribution in [0.4, 0.5) is 0 Å². The Hall–Kier alpha value is -0.610. The highest BCUT2D eigenvalue weighted by molar-refractivity contribution is 5.83. The van der Waals surface area contributed by atoms with Crippen LogP contribution in [-0.4, -0.2) is 36.0 Å². The summed E-state index contributed by atoms with van der Waals surface area (Å²) >= 11 is 0. The third-order valence-electron chi connectivity index (χ3n) is 3.55. The van der Waals surface area contributed by atoms with Gasteiger partial charge in [-0.2, -0.15) is 0 Å². The first kappa shape index (κ1) is 12.5. The van der Waals surface area contributed by atoms with Crippen LogP contribution in [0.2, 0.25) is 0 Å². The summed E-state index contributed by atoms with van der Waals surface area (Å²) in [7, 11) is 2.08. The Kier molecular flexibility index (Phi) is 3.73. The first-order valence-corrected chi connectivity index (χ1v) is 5.63. The number of rotatable bonds is 6. The second-order valence-corrected chi connectivity index (χ2v) is 5.09. The summed E-state index contributed by atoms with van der Waals surface area (Å²) in [6, 6.07) is 0.591. The molecular weight excluding hydrogens is 190 g/mol. The van der Waals surface area contributed by atoms with Gasteiger partial charge in [-0.05, 0) is 46.1 Å². The molecule has 4 N–H and O–H groups in total. The number of carbonyl (C=O) groups is 1. The number of amides is 1. The summed E-state index contributed by atoms with van der Waals surface area (Å²) in [5.74, 6) is 0.419. The van der Waals surface area contributed by atoms with Crippen molar-refractivity contribution < 1.29 is 4.79 Å². The van der Waals surface area contributed by atoms with E-state index in [4.69, 9.17) is 11.5 Å². The summed E-state index contributed by atoms with van der Waals surface area (Å²) in [5.41, 5.74) is 10.1. The predicted molar refractivity (Wildman–Crippen MR) is 61.2 cm³/mol. The molecule has 15 heavy (non-hydrogen) atoms. The van der Waals surface area contributed by atoms with E-state index in [1.165, 1.54) is 12.8 Å². The zero-order valence-electron chi connectivity index (χ0n) is 9.99. The minimum atomic E-state index is -0.877. The molecule has 0 aromatic rings. The van der Waals surface area contributed by atoms with Gasteiger partial charge in [0.1, 0.15) is 0 Å². The van der Waals surface area contributed by atoms with Crippen LogP contribution in [0.3, 0.4) is 0 Å². The van der Waals surface area contributed by atoms with E-state index in [1.54, 1.807) is 6.92 Å². The van der Waals surface area contributed by atoms with Gasteiger partial charge in [-0.3, -0.25) is 4.79 Å². The van der Waals surface area contributed by atoms with Crippen molar-refractivity contribution in [3.05, 3.63) is 0 Å². The quantitative estimate of drug-likeness (QED) is 0.667. The Balaban J connectivity index is 2.32. The Morgan fingerprint density at radius 1 is 1.60 bits per heavy atom. The predicted octanol–water partition coefficient (Wildman–Crippen LogP) is 0.310. The molecule has 1 fully saturated rings. The molecule has 0 aromatic heterocycles. The van der Waals surface area contributed by atoms with Gasteiger partial charge in [0.15, 0.2) is 0 Å². The van der Waals surface area contributed by atoms with Crippen molar-refractivity contribution in [1.29, 1.82) is 0 Å². The maximum atomic E-state index is 11.0. The number of hydrogen-bond donors (Lipinski definition) is 2. The van der Waals surface area contributed by atoms with E-state index in [1.807, 2.05) is 0 Å². The van der Waals surface area contributed by atoms with E-state index < -0.39 is 11.4 Å². The number of hydrogen-bond acceptors (Lipinski definition) is 3. The van der Waals surface area contributed by atoms with Crippen molar-refractivity contribution in [3.8, 4) is 0 Å². The van der Waals surface area contributed by atoms with Crippen LogP contribution >= 0.6 is 0 Å². The van der Waals surface area contributed by atoms with Gasteiger partial charge in [-0.1, -0.05) is 0 Å². The van der Waals surface area contributed by atoms with Crippen LogP contribution in [0, 0.1) is 5.92 Å². The maximum absolute atomic E-state index is 11.0. The summed E-state index contributed by atoms with van der Waals surface area (Å²) < 4.78 is 0. The number of nitrogens with two attached hydrogens (primary N) is 2. The Morgan fingerprint density at radius 3 is 2.53 bits per heavy atom. The molecule has 0 radical (unpaired) electrons. The first-order valence-electron chi connectivity index (χ1n) is 5.63. The lowest BCUT2D eigenvalue weighted by atomic mass is 9.98. The zero-order valence-corrected chi connectivity index (χ0v) is 9.99. The second kappa shape index (κ2) is 4.49. The van der Waals surface area contributed by atoms with Gasteiger partial charge >= 0.3 is 0 Å². The lowest BCUT2D eigenvalue weighted by Crippen LogP contribution is -2.51. The summed E-state index contributed by atoms with van der Waals surface area (Å²) in [4.78, 5) is 13.3. The van der Waals surface area contributed by atoms with E-state index in [0.29, 0.717) is 12.5 Å². The molecule has 4 nitrogen and oxygen atoms in total. The third-order valence-corrected chi connectivity index (χ3v) is 3.55. The lowest BCUT2D eigenvalue weighted by Gasteiger charge is -2.28. The average Bonchev–Trinajstić information content (AvgIpc) is 2.96. The fourth-order valence-electron chi connectivity index (χ4n) is 1.67. The third kappa shape index (κ3) is 3.47. The highest BCUT2D eigenvalue weighted by Crippen LogP contribution is 2.34. The normalized spacial score (nSPS) is 22.5. The van der Waals surface area contributed by atoms with E-state index in [-0.39, 0.29) is 0 Å². The lowest BCUT2D eigenvalue weighted by molar-refractivity contribution is -0.122. The van der Waals surface area contributed by atoms with Gasteiger partial charge in [-0.25, -0.2) is 0 Å². The largest absolute Gasteiger partial charge is 0.368 e. The molecule has 1 rings (SSSR count). The van der Waals surface area contributed by atoms with E-state index in [0.717, 1.165) is 12.5 Å². The van der Waals surface area contributed by atoms with E-state index >= 15 is 0 Å². The molecule has 0 aromatic carbocycles. The molecule has 1 amide bonds. The van der Waals surface area contributed by atoms with Gasteiger partial charge in [0, 0.05) is 12.6 Å². The first-order chi connectivity index (χ1) is 6.84. The van der Waals surface area contributed by atoms with Crippen molar-refractivity contribution in [2.45, 2.75) is 44.7 Å². The minimum absolute atomic E-state index is 0.421. The molecule has 0 heterocycles. The highest BCUT2D eigenvalue weighted by atomic mass is 16.1. The van der Waals surface area contributed by atoms with Crippen molar-refractivity contribution in [2.75, 3.05) is 13.6 Å². The van der Waals surface area contributed by atoms with Crippen LogP contribution in [-0.2, 0) is 4.79 Å².